The van der Waals surface area contributed by atoms with Gasteiger partial charge in [-0.25, -0.2) is 0 Å². The van der Waals surface area contributed by atoms with Crippen molar-refractivity contribution in [2.75, 3.05) is 6.54 Å². The van der Waals surface area contributed by atoms with Crippen molar-refractivity contribution in [3.8, 4) is 0 Å². The Balaban J connectivity index is 2.05. The van der Waals surface area contributed by atoms with E-state index in [9.17, 15) is 9.59 Å². The quantitative estimate of drug-likeness (QED) is 0.558. The molecule has 0 aromatic heterocycles. The van der Waals surface area contributed by atoms with Gasteiger partial charge in [-0.05, 0) is 39.2 Å². The summed E-state index contributed by atoms with van der Waals surface area (Å²) in [4.78, 5) is 22.4. The number of hydrogen-bond donors (Lipinski definition) is 3. The summed E-state index contributed by atoms with van der Waals surface area (Å²) in [6.07, 6.45) is 6.72. The molecule has 1 fully saturated rings. The third-order valence-corrected chi connectivity index (χ3v) is 3.40. The van der Waals surface area contributed by atoms with Gasteiger partial charge < -0.3 is 16.4 Å². The third-order valence-electron chi connectivity index (χ3n) is 3.40. The zero-order valence-corrected chi connectivity index (χ0v) is 11.2. The number of nitrogens with two attached hydrogens (primary N) is 1. The van der Waals surface area contributed by atoms with Gasteiger partial charge in [0.25, 0.3) is 0 Å². The van der Waals surface area contributed by atoms with Gasteiger partial charge in [0.05, 0.1) is 6.04 Å². The molecule has 0 spiro atoms. The van der Waals surface area contributed by atoms with Crippen LogP contribution in [0.3, 0.4) is 0 Å². The summed E-state index contributed by atoms with van der Waals surface area (Å²) >= 11 is 0. The van der Waals surface area contributed by atoms with Crippen molar-refractivity contribution >= 4 is 11.8 Å². The zero-order chi connectivity index (χ0) is 13.4. The summed E-state index contributed by atoms with van der Waals surface area (Å²) in [6.45, 7) is 2.62. The minimum absolute atomic E-state index is 0.0804. The highest BCUT2D eigenvalue weighted by Gasteiger charge is 2.19. The average molecular weight is 255 g/mol. The molecule has 4 N–H and O–H groups in total. The van der Waals surface area contributed by atoms with E-state index in [1.807, 2.05) is 6.92 Å². The molecule has 1 unspecified atom stereocenters. The topological polar surface area (TPSA) is 84.2 Å². The van der Waals surface area contributed by atoms with Gasteiger partial charge in [0, 0.05) is 12.5 Å². The van der Waals surface area contributed by atoms with Crippen LogP contribution in [0.1, 0.15) is 51.9 Å². The second kappa shape index (κ2) is 8.08. The number of rotatable bonds is 8. The highest BCUT2D eigenvalue weighted by molar-refractivity contribution is 5.81. The van der Waals surface area contributed by atoms with Gasteiger partial charge in [0.1, 0.15) is 0 Å². The first-order valence-corrected chi connectivity index (χ1v) is 6.91. The molecule has 104 valence electrons. The van der Waals surface area contributed by atoms with E-state index in [1.54, 1.807) is 0 Å². The van der Waals surface area contributed by atoms with Crippen LogP contribution < -0.4 is 16.4 Å². The van der Waals surface area contributed by atoms with Crippen LogP contribution in [0, 0.1) is 0 Å². The van der Waals surface area contributed by atoms with Gasteiger partial charge in [-0.3, -0.25) is 9.59 Å². The van der Waals surface area contributed by atoms with Crippen LogP contribution in [0.5, 0.6) is 0 Å². The molecule has 1 aliphatic rings. The second-order valence-corrected chi connectivity index (χ2v) is 5.09. The molecular weight excluding hydrogens is 230 g/mol. The van der Waals surface area contributed by atoms with Crippen LogP contribution in [0.4, 0.5) is 0 Å². The molecule has 0 aromatic carbocycles. The number of nitrogens with one attached hydrogen (secondary N) is 2. The van der Waals surface area contributed by atoms with Crippen LogP contribution in [0.15, 0.2) is 0 Å². The Kier molecular flexibility index (Phi) is 6.72. The molecule has 1 rings (SSSR count). The van der Waals surface area contributed by atoms with Crippen molar-refractivity contribution in [2.24, 2.45) is 5.73 Å². The minimum Gasteiger partial charge on any atom is -0.370 e. The van der Waals surface area contributed by atoms with Crippen LogP contribution in [0.2, 0.25) is 0 Å². The summed E-state index contributed by atoms with van der Waals surface area (Å²) in [5.74, 6) is -0.182. The van der Waals surface area contributed by atoms with Crippen molar-refractivity contribution in [1.82, 2.24) is 10.6 Å². The highest BCUT2D eigenvalue weighted by Crippen LogP contribution is 2.17. The lowest BCUT2D eigenvalue weighted by Gasteiger charge is -2.17. The number of amides is 2. The molecule has 5 heteroatoms. The Morgan fingerprint density at radius 2 is 1.94 bits per heavy atom. The molecule has 5 nitrogen and oxygen atoms in total. The van der Waals surface area contributed by atoms with Crippen molar-refractivity contribution in [1.29, 1.82) is 0 Å². The average Bonchev–Trinajstić information content (AvgIpc) is 2.80. The van der Waals surface area contributed by atoms with Crippen LogP contribution in [0.25, 0.3) is 0 Å². The van der Waals surface area contributed by atoms with Crippen molar-refractivity contribution in [2.45, 2.75) is 64.0 Å². The maximum atomic E-state index is 11.8. The Hall–Kier alpha value is -1.10. The first kappa shape index (κ1) is 15.0. The van der Waals surface area contributed by atoms with Crippen LogP contribution in [-0.2, 0) is 9.59 Å². The van der Waals surface area contributed by atoms with Gasteiger partial charge in [0.2, 0.25) is 11.8 Å². The molecule has 0 aliphatic heterocycles. The van der Waals surface area contributed by atoms with Crippen molar-refractivity contribution in [3.63, 3.8) is 0 Å². The predicted molar refractivity (Wildman–Crippen MR) is 70.9 cm³/mol. The molecular formula is C13H25N3O2. The van der Waals surface area contributed by atoms with Gasteiger partial charge in [-0.2, -0.15) is 0 Å². The fraction of sp³-hybridized carbons (Fsp3) is 0.846. The maximum Gasteiger partial charge on any atom is 0.237 e. The highest BCUT2D eigenvalue weighted by atomic mass is 16.2. The largest absolute Gasteiger partial charge is 0.370 e. The molecule has 18 heavy (non-hydrogen) atoms. The van der Waals surface area contributed by atoms with Gasteiger partial charge in [0.15, 0.2) is 0 Å². The minimum atomic E-state index is -0.262. The first-order valence-electron chi connectivity index (χ1n) is 6.91. The lowest BCUT2D eigenvalue weighted by atomic mass is 10.2. The van der Waals surface area contributed by atoms with E-state index in [0.29, 0.717) is 12.5 Å². The van der Waals surface area contributed by atoms with E-state index in [2.05, 4.69) is 10.6 Å². The molecule has 1 atom stereocenters. The van der Waals surface area contributed by atoms with E-state index in [1.165, 1.54) is 12.8 Å². The molecule has 0 saturated heterocycles. The number of primary amides is 1. The van der Waals surface area contributed by atoms with Crippen molar-refractivity contribution in [3.05, 3.63) is 0 Å². The fourth-order valence-corrected chi connectivity index (χ4v) is 2.23. The Labute approximate surface area is 109 Å². The standard InChI is InChI=1S/C13H25N3O2/c1-10(15-9-5-4-8-12(14)17)13(18)16-11-6-2-3-7-11/h10-11,15H,2-9H2,1H3,(H2,14,17)(H,16,18). The van der Waals surface area contributed by atoms with Gasteiger partial charge in [-0.1, -0.05) is 12.8 Å². The molecule has 2 amide bonds. The number of unbranched alkanes of at least 4 members (excludes halogenated alkanes) is 1. The Morgan fingerprint density at radius 1 is 1.28 bits per heavy atom. The SMILES string of the molecule is CC(NCCCCC(N)=O)C(=O)NC1CCCC1. The summed E-state index contributed by atoms with van der Waals surface area (Å²) in [7, 11) is 0. The van der Waals surface area contributed by atoms with Gasteiger partial charge >= 0.3 is 0 Å². The Morgan fingerprint density at radius 3 is 2.56 bits per heavy atom. The molecule has 0 heterocycles. The van der Waals surface area contributed by atoms with E-state index in [4.69, 9.17) is 5.73 Å². The van der Waals surface area contributed by atoms with E-state index >= 15 is 0 Å². The normalized spacial score (nSPS) is 17.6. The third kappa shape index (κ3) is 6.00. The van der Waals surface area contributed by atoms with Crippen molar-refractivity contribution < 1.29 is 9.59 Å². The molecule has 0 bridgehead atoms. The summed E-state index contributed by atoms with van der Waals surface area (Å²) in [5.41, 5.74) is 5.05. The summed E-state index contributed by atoms with van der Waals surface area (Å²) in [6, 6.07) is 0.204. The smallest absolute Gasteiger partial charge is 0.237 e. The number of carbonyl (C=O) groups excluding carboxylic acids is 2. The van der Waals surface area contributed by atoms with E-state index < -0.39 is 0 Å². The molecule has 1 saturated carbocycles. The van der Waals surface area contributed by atoms with E-state index in [0.717, 1.165) is 32.2 Å². The zero-order valence-electron chi connectivity index (χ0n) is 11.2. The predicted octanol–water partition coefficient (Wildman–Crippen LogP) is 0.679. The second-order valence-electron chi connectivity index (χ2n) is 5.09. The number of carbonyl (C=O) groups is 2. The Bertz CT molecular complexity index is 275. The summed E-state index contributed by atoms with van der Waals surface area (Å²) < 4.78 is 0. The lowest BCUT2D eigenvalue weighted by Crippen LogP contribution is -2.45. The summed E-state index contributed by atoms with van der Waals surface area (Å²) in [5, 5.41) is 6.23. The maximum absolute atomic E-state index is 11.8. The lowest BCUT2D eigenvalue weighted by molar-refractivity contribution is -0.123. The van der Waals surface area contributed by atoms with Crippen LogP contribution in [-0.4, -0.2) is 30.4 Å². The molecule has 1 aliphatic carbocycles. The fourth-order valence-electron chi connectivity index (χ4n) is 2.23. The van der Waals surface area contributed by atoms with Gasteiger partial charge in [-0.15, -0.1) is 0 Å². The van der Waals surface area contributed by atoms with E-state index in [-0.39, 0.29) is 17.9 Å². The molecule has 0 radical (unpaired) electrons. The molecule has 0 aromatic rings. The van der Waals surface area contributed by atoms with Crippen LogP contribution >= 0.6 is 0 Å². The first-order chi connectivity index (χ1) is 8.59. The monoisotopic (exact) mass is 255 g/mol. The number of hydrogen-bond acceptors (Lipinski definition) is 3.